The molecular weight excluding hydrogens is 276 g/mol. The largest absolute Gasteiger partial charge is 0.301 e. The molecule has 0 fully saturated rings. The second-order valence-corrected chi connectivity index (χ2v) is 3.94. The van der Waals surface area contributed by atoms with Crippen LogP contribution in [-0.2, 0) is 14.4 Å². The van der Waals surface area contributed by atoms with Gasteiger partial charge in [-0.05, 0) is 12.8 Å². The molecule has 0 amide bonds. The van der Waals surface area contributed by atoms with Gasteiger partial charge in [-0.15, -0.1) is 0 Å². The highest BCUT2D eigenvalue weighted by Crippen LogP contribution is 2.08. The van der Waals surface area contributed by atoms with Crippen LogP contribution in [0.15, 0.2) is 0 Å². The number of isocyanates is 3. The Kier molecular flexibility index (Phi) is 34.6. The van der Waals surface area contributed by atoms with E-state index in [-0.39, 0.29) is 0 Å². The Morgan fingerprint density at radius 3 is 1.33 bits per heavy atom. The van der Waals surface area contributed by atoms with Gasteiger partial charge in [0.15, 0.2) is 0 Å². The molecule has 0 aromatic rings. The van der Waals surface area contributed by atoms with Crippen molar-refractivity contribution < 1.29 is 14.4 Å². The predicted molar refractivity (Wildman–Crippen MR) is 78.5 cm³/mol. The van der Waals surface area contributed by atoms with Crippen molar-refractivity contribution >= 4 is 18.2 Å². The molecule has 0 saturated heterocycles. The Labute approximate surface area is 124 Å². The molecule has 0 aromatic heterocycles. The summed E-state index contributed by atoms with van der Waals surface area (Å²) < 4.78 is 0. The highest BCUT2D eigenvalue weighted by atomic mass is 16.1. The van der Waals surface area contributed by atoms with E-state index in [0.29, 0.717) is 0 Å². The standard InChI is InChI=1S/C9H23N3.3CHNO/c1-2-3-4-5-6-7-8-9(10,11)12;3*2-1-3/h2-8,10-12H2,1H3;3*2H. The first-order valence-electron chi connectivity index (χ1n) is 6.29. The maximum atomic E-state index is 8.35. The van der Waals surface area contributed by atoms with Crippen LogP contribution >= 0.6 is 0 Å². The fourth-order valence-corrected chi connectivity index (χ4v) is 1.21. The summed E-state index contributed by atoms with van der Waals surface area (Å²) in [7, 11) is 0. The van der Waals surface area contributed by atoms with E-state index >= 15 is 0 Å². The molecule has 0 aromatic carbocycles. The van der Waals surface area contributed by atoms with Crippen LogP contribution in [-0.4, -0.2) is 24.0 Å². The van der Waals surface area contributed by atoms with Crippen molar-refractivity contribution in [2.45, 2.75) is 57.7 Å². The van der Waals surface area contributed by atoms with Gasteiger partial charge in [-0.2, -0.15) is 0 Å². The van der Waals surface area contributed by atoms with Gasteiger partial charge in [0, 0.05) is 0 Å². The number of nitrogens with two attached hydrogens (primary N) is 3. The van der Waals surface area contributed by atoms with Crippen molar-refractivity contribution in [1.29, 1.82) is 16.2 Å². The van der Waals surface area contributed by atoms with Crippen molar-refractivity contribution in [3.63, 3.8) is 0 Å². The first-order valence-corrected chi connectivity index (χ1v) is 6.29. The average Bonchev–Trinajstić information content (AvgIpc) is 2.35. The molecule has 9 heteroatoms. The summed E-state index contributed by atoms with van der Waals surface area (Å²) in [5.41, 5.74) is 16.3. The van der Waals surface area contributed by atoms with E-state index in [9.17, 15) is 0 Å². The number of carbonyl (C=O) groups excluding carboxylic acids is 3. The van der Waals surface area contributed by atoms with Crippen LogP contribution in [0.25, 0.3) is 0 Å². The lowest BCUT2D eigenvalue weighted by Crippen LogP contribution is -2.57. The SMILES string of the molecule is CCCCCCCCC(N)(N)N.N=C=O.N=C=O.N=C=O. The van der Waals surface area contributed by atoms with Gasteiger partial charge < -0.3 is 17.2 Å². The lowest BCUT2D eigenvalue weighted by Gasteiger charge is -2.17. The van der Waals surface area contributed by atoms with E-state index in [1.54, 1.807) is 0 Å². The minimum atomic E-state index is -0.954. The van der Waals surface area contributed by atoms with Gasteiger partial charge in [0.1, 0.15) is 5.79 Å². The average molecular weight is 302 g/mol. The molecule has 0 saturated carbocycles. The molecule has 0 bridgehead atoms. The molecule has 0 rings (SSSR count). The number of hydrogen-bond acceptors (Lipinski definition) is 9. The van der Waals surface area contributed by atoms with Gasteiger partial charge in [0.05, 0.1) is 0 Å². The van der Waals surface area contributed by atoms with Crippen LogP contribution in [0.4, 0.5) is 0 Å². The summed E-state index contributed by atoms with van der Waals surface area (Å²) >= 11 is 0. The smallest absolute Gasteiger partial charge is 0.231 e. The van der Waals surface area contributed by atoms with Crippen LogP contribution < -0.4 is 17.2 Å². The fraction of sp³-hybridized carbons (Fsp3) is 0.750. The molecule has 122 valence electrons. The number of rotatable bonds is 7. The summed E-state index contributed by atoms with van der Waals surface area (Å²) in [5, 5.41) is 16.2. The molecule has 0 atom stereocenters. The van der Waals surface area contributed by atoms with E-state index in [1.807, 2.05) is 0 Å². The minimum absolute atomic E-state index is 0.721. The highest BCUT2D eigenvalue weighted by molar-refractivity contribution is 5.26. The van der Waals surface area contributed by atoms with Gasteiger partial charge in [-0.1, -0.05) is 39.0 Å². The van der Waals surface area contributed by atoms with Gasteiger partial charge in [-0.3, -0.25) is 0 Å². The van der Waals surface area contributed by atoms with Crippen molar-refractivity contribution in [2.24, 2.45) is 17.2 Å². The zero-order valence-electron chi connectivity index (χ0n) is 12.4. The Balaban J connectivity index is -0.000000132. The van der Waals surface area contributed by atoms with E-state index in [4.69, 9.17) is 47.8 Å². The number of hydrogen-bond donors (Lipinski definition) is 6. The molecule has 0 radical (unpaired) electrons. The Bertz CT molecular complexity index is 268. The van der Waals surface area contributed by atoms with Crippen molar-refractivity contribution in [1.82, 2.24) is 0 Å². The van der Waals surface area contributed by atoms with Gasteiger partial charge >= 0.3 is 0 Å². The maximum Gasteiger partial charge on any atom is 0.231 e. The summed E-state index contributed by atoms with van der Waals surface area (Å²) in [4.78, 5) is 25.0. The van der Waals surface area contributed by atoms with Crippen molar-refractivity contribution in [2.75, 3.05) is 0 Å². The maximum absolute atomic E-state index is 8.35. The topological polar surface area (TPSA) is 201 Å². The lowest BCUT2D eigenvalue weighted by atomic mass is 10.1. The van der Waals surface area contributed by atoms with Crippen LogP contribution in [0.1, 0.15) is 51.9 Å². The van der Waals surface area contributed by atoms with Crippen LogP contribution in [0.5, 0.6) is 0 Å². The normalized spacial score (nSPS) is 8.00. The third-order valence-corrected chi connectivity index (χ3v) is 1.96. The molecule has 9 N–H and O–H groups in total. The molecule has 0 aliphatic heterocycles. The third-order valence-electron chi connectivity index (χ3n) is 1.96. The quantitative estimate of drug-likeness (QED) is 0.175. The highest BCUT2D eigenvalue weighted by Gasteiger charge is 2.09. The van der Waals surface area contributed by atoms with E-state index in [2.05, 4.69) is 6.92 Å². The van der Waals surface area contributed by atoms with Gasteiger partial charge in [-0.25, -0.2) is 30.6 Å². The van der Waals surface area contributed by atoms with E-state index < -0.39 is 5.79 Å². The monoisotopic (exact) mass is 302 g/mol. The van der Waals surface area contributed by atoms with Gasteiger partial charge in [0.2, 0.25) is 18.2 Å². The fourth-order valence-electron chi connectivity index (χ4n) is 1.21. The van der Waals surface area contributed by atoms with Crippen LogP contribution in [0.3, 0.4) is 0 Å². The lowest BCUT2D eigenvalue weighted by molar-refractivity contribution is 0.400. The molecular formula is C12H26N6O3. The van der Waals surface area contributed by atoms with E-state index in [0.717, 1.165) is 31.1 Å². The molecule has 21 heavy (non-hydrogen) atoms. The van der Waals surface area contributed by atoms with Gasteiger partial charge in [0.25, 0.3) is 0 Å². The Hall–Kier alpha value is -1.98. The summed E-state index contributed by atoms with van der Waals surface area (Å²) in [6, 6.07) is 0. The van der Waals surface area contributed by atoms with Crippen molar-refractivity contribution in [3.8, 4) is 0 Å². The molecule has 0 heterocycles. The second-order valence-electron chi connectivity index (χ2n) is 3.94. The first-order chi connectivity index (χ1) is 9.80. The van der Waals surface area contributed by atoms with Crippen molar-refractivity contribution in [3.05, 3.63) is 0 Å². The second kappa shape index (κ2) is 26.6. The summed E-state index contributed by atoms with van der Waals surface area (Å²) in [6.45, 7) is 2.21. The third kappa shape index (κ3) is 93.8. The Morgan fingerprint density at radius 2 is 1.05 bits per heavy atom. The zero-order chi connectivity index (χ0) is 17.6. The molecule has 0 unspecified atom stereocenters. The zero-order valence-corrected chi connectivity index (χ0v) is 12.4. The van der Waals surface area contributed by atoms with Crippen LogP contribution in [0, 0.1) is 16.2 Å². The molecule has 0 spiro atoms. The van der Waals surface area contributed by atoms with Crippen LogP contribution in [0.2, 0.25) is 0 Å². The summed E-state index contributed by atoms with van der Waals surface area (Å²) in [5.74, 6) is -0.954. The molecule has 0 aliphatic rings. The Morgan fingerprint density at radius 1 is 0.762 bits per heavy atom. The first kappa shape index (κ1) is 27.4. The summed E-state index contributed by atoms with van der Waals surface area (Å²) in [6.07, 6.45) is 10.4. The number of nitrogens with one attached hydrogen (secondary N) is 3. The minimum Gasteiger partial charge on any atom is -0.301 e. The van der Waals surface area contributed by atoms with E-state index in [1.165, 1.54) is 32.1 Å². The predicted octanol–water partition coefficient (Wildman–Crippen LogP) is 0.970. The number of unbranched alkanes of at least 4 members (excludes halogenated alkanes) is 5. The molecule has 9 nitrogen and oxygen atoms in total. The molecule has 0 aliphatic carbocycles.